The smallest absolute Gasteiger partial charge is 0.220 e. The highest BCUT2D eigenvalue weighted by molar-refractivity contribution is 5.85. The SMILES string of the molecule is COc1ccc(CCC(=O)NC2CC3CCC(C2)N3)cc1OC.Cl. The second-order valence-electron chi connectivity index (χ2n) is 6.56. The normalized spacial score (nSPS) is 24.8. The number of carbonyl (C=O) groups excluding carboxylic acids is 1. The molecule has 0 aromatic heterocycles. The minimum absolute atomic E-state index is 0. The van der Waals surface area contributed by atoms with Crippen LogP contribution < -0.4 is 20.1 Å². The van der Waals surface area contributed by atoms with Crippen molar-refractivity contribution in [1.29, 1.82) is 0 Å². The Bertz CT molecular complexity index is 555. The summed E-state index contributed by atoms with van der Waals surface area (Å²) >= 11 is 0. The Hall–Kier alpha value is -1.46. The van der Waals surface area contributed by atoms with Crippen LogP contribution in [-0.2, 0) is 11.2 Å². The lowest BCUT2D eigenvalue weighted by Crippen LogP contribution is -2.48. The zero-order valence-electron chi connectivity index (χ0n) is 14.3. The van der Waals surface area contributed by atoms with Crippen molar-refractivity contribution in [2.24, 2.45) is 0 Å². The fourth-order valence-electron chi connectivity index (χ4n) is 3.77. The van der Waals surface area contributed by atoms with Crippen molar-refractivity contribution in [2.45, 2.75) is 56.7 Å². The molecular weight excluding hydrogens is 328 g/mol. The molecule has 24 heavy (non-hydrogen) atoms. The van der Waals surface area contributed by atoms with E-state index in [1.807, 2.05) is 18.2 Å². The van der Waals surface area contributed by atoms with E-state index in [-0.39, 0.29) is 18.3 Å². The molecule has 0 saturated carbocycles. The van der Waals surface area contributed by atoms with Gasteiger partial charge >= 0.3 is 0 Å². The average Bonchev–Trinajstić information content (AvgIpc) is 2.91. The van der Waals surface area contributed by atoms with Crippen LogP contribution in [-0.4, -0.2) is 38.3 Å². The lowest BCUT2D eigenvalue weighted by atomic mass is 9.99. The molecule has 2 saturated heterocycles. The van der Waals surface area contributed by atoms with Gasteiger partial charge in [-0.2, -0.15) is 0 Å². The predicted octanol–water partition coefficient (Wildman–Crippen LogP) is 2.46. The van der Waals surface area contributed by atoms with E-state index in [1.165, 1.54) is 12.8 Å². The number of aryl methyl sites for hydroxylation is 1. The highest BCUT2D eigenvalue weighted by atomic mass is 35.5. The maximum atomic E-state index is 12.2. The van der Waals surface area contributed by atoms with Crippen molar-refractivity contribution < 1.29 is 14.3 Å². The Balaban J connectivity index is 0.00000208. The van der Waals surface area contributed by atoms with Crippen LogP contribution in [0.1, 0.15) is 37.7 Å². The first-order valence-electron chi connectivity index (χ1n) is 8.44. The molecule has 2 atom stereocenters. The Kier molecular flexibility index (Phi) is 6.75. The number of benzene rings is 1. The third kappa shape index (κ3) is 4.54. The zero-order valence-corrected chi connectivity index (χ0v) is 15.2. The Morgan fingerprint density at radius 1 is 1.17 bits per heavy atom. The molecular formula is C18H27ClN2O3. The number of amides is 1. The van der Waals surface area contributed by atoms with E-state index in [2.05, 4.69) is 10.6 Å². The molecule has 1 aromatic carbocycles. The van der Waals surface area contributed by atoms with Crippen molar-refractivity contribution >= 4 is 18.3 Å². The molecule has 1 aromatic rings. The fraction of sp³-hybridized carbons (Fsp3) is 0.611. The van der Waals surface area contributed by atoms with Gasteiger partial charge in [-0.05, 0) is 49.8 Å². The van der Waals surface area contributed by atoms with Gasteiger partial charge in [-0.15, -0.1) is 12.4 Å². The van der Waals surface area contributed by atoms with E-state index in [0.717, 1.165) is 18.4 Å². The van der Waals surface area contributed by atoms with Crippen LogP contribution in [0.15, 0.2) is 18.2 Å². The fourth-order valence-corrected chi connectivity index (χ4v) is 3.77. The van der Waals surface area contributed by atoms with Crippen LogP contribution in [0.25, 0.3) is 0 Å². The summed E-state index contributed by atoms with van der Waals surface area (Å²) in [6.07, 6.45) is 5.86. The van der Waals surface area contributed by atoms with Gasteiger partial charge in [0.15, 0.2) is 11.5 Å². The number of hydrogen-bond acceptors (Lipinski definition) is 4. The van der Waals surface area contributed by atoms with Gasteiger partial charge in [-0.3, -0.25) is 4.79 Å². The van der Waals surface area contributed by atoms with Gasteiger partial charge < -0.3 is 20.1 Å². The maximum absolute atomic E-state index is 12.2. The van der Waals surface area contributed by atoms with Crippen molar-refractivity contribution in [1.82, 2.24) is 10.6 Å². The second-order valence-corrected chi connectivity index (χ2v) is 6.56. The Morgan fingerprint density at radius 3 is 2.46 bits per heavy atom. The molecule has 134 valence electrons. The number of fused-ring (bicyclic) bond motifs is 2. The molecule has 2 unspecified atom stereocenters. The monoisotopic (exact) mass is 354 g/mol. The number of rotatable bonds is 6. The molecule has 3 rings (SSSR count). The quantitative estimate of drug-likeness (QED) is 0.823. The minimum Gasteiger partial charge on any atom is -0.493 e. The van der Waals surface area contributed by atoms with E-state index in [1.54, 1.807) is 14.2 Å². The number of hydrogen-bond donors (Lipinski definition) is 2. The van der Waals surface area contributed by atoms with Crippen LogP contribution in [0.2, 0.25) is 0 Å². The molecule has 0 spiro atoms. The number of methoxy groups -OCH3 is 2. The van der Waals surface area contributed by atoms with E-state index < -0.39 is 0 Å². The van der Waals surface area contributed by atoms with Gasteiger partial charge in [-0.1, -0.05) is 6.07 Å². The van der Waals surface area contributed by atoms with Gasteiger partial charge in [0, 0.05) is 24.5 Å². The number of piperidine rings is 1. The van der Waals surface area contributed by atoms with Gasteiger partial charge in [-0.25, -0.2) is 0 Å². The van der Waals surface area contributed by atoms with Gasteiger partial charge in [0.05, 0.1) is 14.2 Å². The van der Waals surface area contributed by atoms with Crippen LogP contribution in [0.5, 0.6) is 11.5 Å². The molecule has 5 nitrogen and oxygen atoms in total. The summed E-state index contributed by atoms with van der Waals surface area (Å²) in [7, 11) is 3.25. The molecule has 2 aliphatic heterocycles. The molecule has 2 N–H and O–H groups in total. The largest absolute Gasteiger partial charge is 0.493 e. The minimum atomic E-state index is 0. The summed E-state index contributed by atoms with van der Waals surface area (Å²) < 4.78 is 10.5. The molecule has 2 fully saturated rings. The summed E-state index contributed by atoms with van der Waals surface area (Å²) in [6, 6.07) is 7.36. The first-order chi connectivity index (χ1) is 11.2. The molecule has 2 aliphatic rings. The lowest BCUT2D eigenvalue weighted by Gasteiger charge is -2.29. The van der Waals surface area contributed by atoms with E-state index in [4.69, 9.17) is 9.47 Å². The number of nitrogens with one attached hydrogen (secondary N) is 2. The highest BCUT2D eigenvalue weighted by Crippen LogP contribution is 2.28. The summed E-state index contributed by atoms with van der Waals surface area (Å²) in [6.45, 7) is 0. The van der Waals surface area contributed by atoms with Crippen molar-refractivity contribution in [2.75, 3.05) is 14.2 Å². The third-order valence-electron chi connectivity index (χ3n) is 4.93. The Morgan fingerprint density at radius 2 is 1.83 bits per heavy atom. The Labute approximate surface area is 149 Å². The molecule has 0 radical (unpaired) electrons. The van der Waals surface area contributed by atoms with Gasteiger partial charge in [0.1, 0.15) is 0 Å². The van der Waals surface area contributed by atoms with E-state index in [0.29, 0.717) is 42.5 Å². The van der Waals surface area contributed by atoms with Crippen LogP contribution in [0.4, 0.5) is 0 Å². The van der Waals surface area contributed by atoms with Gasteiger partial charge in [0.25, 0.3) is 0 Å². The summed E-state index contributed by atoms with van der Waals surface area (Å²) in [5.74, 6) is 1.57. The van der Waals surface area contributed by atoms with Crippen LogP contribution in [0, 0.1) is 0 Å². The molecule has 0 aliphatic carbocycles. The number of halogens is 1. The first-order valence-corrected chi connectivity index (χ1v) is 8.44. The second kappa shape index (κ2) is 8.58. The number of carbonyl (C=O) groups is 1. The lowest BCUT2D eigenvalue weighted by molar-refractivity contribution is -0.122. The maximum Gasteiger partial charge on any atom is 0.220 e. The average molecular weight is 355 g/mol. The number of ether oxygens (including phenoxy) is 2. The summed E-state index contributed by atoms with van der Waals surface area (Å²) in [5, 5.41) is 6.80. The van der Waals surface area contributed by atoms with Crippen molar-refractivity contribution in [3.05, 3.63) is 23.8 Å². The summed E-state index contributed by atoms with van der Waals surface area (Å²) in [4.78, 5) is 12.2. The third-order valence-corrected chi connectivity index (χ3v) is 4.93. The molecule has 1 amide bonds. The zero-order chi connectivity index (χ0) is 16.2. The molecule has 2 heterocycles. The topological polar surface area (TPSA) is 59.6 Å². The molecule has 2 bridgehead atoms. The van der Waals surface area contributed by atoms with Crippen molar-refractivity contribution in [3.63, 3.8) is 0 Å². The standard InChI is InChI=1S/C18H26N2O3.ClH/c1-22-16-7-3-12(9-17(16)23-2)4-8-18(21)20-15-10-13-5-6-14(11-15)19-13;/h3,7,9,13-15,19H,4-6,8,10-11H2,1-2H3,(H,20,21);1H. The van der Waals surface area contributed by atoms with Gasteiger partial charge in [0.2, 0.25) is 5.91 Å². The molecule has 6 heteroatoms. The first kappa shape index (κ1) is 18.9. The van der Waals surface area contributed by atoms with E-state index in [9.17, 15) is 4.79 Å². The predicted molar refractivity (Wildman–Crippen MR) is 96.2 cm³/mol. The highest BCUT2D eigenvalue weighted by Gasteiger charge is 2.33. The van der Waals surface area contributed by atoms with E-state index >= 15 is 0 Å². The summed E-state index contributed by atoms with van der Waals surface area (Å²) in [5.41, 5.74) is 1.09. The van der Waals surface area contributed by atoms with Crippen LogP contribution >= 0.6 is 12.4 Å². The van der Waals surface area contributed by atoms with Crippen LogP contribution in [0.3, 0.4) is 0 Å². The van der Waals surface area contributed by atoms with Crippen molar-refractivity contribution in [3.8, 4) is 11.5 Å².